The Morgan fingerprint density at radius 2 is 2.26 bits per heavy atom. The van der Waals surface area contributed by atoms with Crippen LogP contribution >= 0.6 is 0 Å². The highest BCUT2D eigenvalue weighted by Gasteiger charge is 2.05. The zero-order chi connectivity index (χ0) is 14.1. The molecule has 0 saturated heterocycles. The third-order valence-electron chi connectivity index (χ3n) is 2.70. The van der Waals surface area contributed by atoms with Crippen LogP contribution in [-0.2, 0) is 17.2 Å². The summed E-state index contributed by atoms with van der Waals surface area (Å²) in [5, 5.41) is 12.8. The summed E-state index contributed by atoms with van der Waals surface area (Å²) >= 11 is 0. The monoisotopic (exact) mass is 285 g/mol. The number of hydrogen-bond donors (Lipinski definition) is 2. The molecular formula is C14H23NO3S. The Kier molecular flexibility index (Phi) is 7.70. The fourth-order valence-electron chi connectivity index (χ4n) is 1.59. The molecule has 0 amide bonds. The SMILES string of the molecule is CCc1cccc(OCC(O)CNCCS(C)=O)c1. The number of hydrogen-bond acceptors (Lipinski definition) is 4. The molecule has 5 heteroatoms. The quantitative estimate of drug-likeness (QED) is 0.664. The predicted octanol–water partition coefficient (Wildman–Crippen LogP) is 0.957. The first kappa shape index (κ1) is 16.1. The van der Waals surface area contributed by atoms with Crippen LogP contribution in [0.3, 0.4) is 0 Å². The number of aliphatic hydroxyl groups is 1. The Morgan fingerprint density at radius 3 is 2.95 bits per heavy atom. The maximum atomic E-state index is 10.8. The van der Waals surface area contributed by atoms with Crippen molar-refractivity contribution in [1.82, 2.24) is 5.32 Å². The van der Waals surface area contributed by atoms with Crippen molar-refractivity contribution >= 4 is 10.8 Å². The molecule has 4 nitrogen and oxygen atoms in total. The smallest absolute Gasteiger partial charge is 0.119 e. The van der Waals surface area contributed by atoms with E-state index in [-0.39, 0.29) is 6.61 Å². The summed E-state index contributed by atoms with van der Waals surface area (Å²) < 4.78 is 16.4. The van der Waals surface area contributed by atoms with Crippen molar-refractivity contribution in [2.24, 2.45) is 0 Å². The number of aliphatic hydroxyl groups excluding tert-OH is 1. The normalized spacial score (nSPS) is 14.1. The van der Waals surface area contributed by atoms with Gasteiger partial charge in [0.05, 0.1) is 0 Å². The molecule has 1 aromatic carbocycles. The molecule has 0 saturated carbocycles. The molecule has 0 bridgehead atoms. The zero-order valence-corrected chi connectivity index (χ0v) is 12.4. The van der Waals surface area contributed by atoms with E-state index in [0.717, 1.165) is 12.2 Å². The molecule has 1 rings (SSSR count). The third kappa shape index (κ3) is 7.30. The van der Waals surface area contributed by atoms with Crippen molar-refractivity contribution in [2.75, 3.05) is 31.7 Å². The summed E-state index contributed by atoms with van der Waals surface area (Å²) in [5.74, 6) is 1.39. The molecule has 0 radical (unpaired) electrons. The van der Waals surface area contributed by atoms with Crippen molar-refractivity contribution in [1.29, 1.82) is 0 Å². The topological polar surface area (TPSA) is 58.6 Å². The van der Waals surface area contributed by atoms with Gasteiger partial charge in [0.15, 0.2) is 0 Å². The minimum Gasteiger partial charge on any atom is -0.491 e. The van der Waals surface area contributed by atoms with Crippen LogP contribution in [0.2, 0.25) is 0 Å². The maximum Gasteiger partial charge on any atom is 0.119 e. The minimum atomic E-state index is -0.793. The molecule has 0 aliphatic carbocycles. The average molecular weight is 285 g/mol. The Morgan fingerprint density at radius 1 is 1.47 bits per heavy atom. The lowest BCUT2D eigenvalue weighted by atomic mass is 10.2. The highest BCUT2D eigenvalue weighted by molar-refractivity contribution is 7.84. The fourth-order valence-corrected chi connectivity index (χ4v) is 2.02. The van der Waals surface area contributed by atoms with E-state index >= 15 is 0 Å². The standard InChI is InChI=1S/C14H23NO3S/c1-3-12-5-4-6-14(9-12)18-11-13(16)10-15-7-8-19(2)17/h4-6,9,13,15-16H,3,7-8,10-11H2,1-2H3. The molecule has 0 aliphatic rings. The summed E-state index contributed by atoms with van der Waals surface area (Å²) in [7, 11) is -0.793. The van der Waals surface area contributed by atoms with Crippen LogP contribution in [0.25, 0.3) is 0 Å². The van der Waals surface area contributed by atoms with Crippen molar-refractivity contribution in [3.8, 4) is 5.75 Å². The van der Waals surface area contributed by atoms with Crippen molar-refractivity contribution in [3.05, 3.63) is 29.8 Å². The van der Waals surface area contributed by atoms with Gasteiger partial charge in [-0.15, -0.1) is 0 Å². The molecule has 0 spiro atoms. The highest BCUT2D eigenvalue weighted by atomic mass is 32.2. The van der Waals surface area contributed by atoms with Gasteiger partial charge in [-0.3, -0.25) is 4.21 Å². The molecule has 2 N–H and O–H groups in total. The summed E-state index contributed by atoms with van der Waals surface area (Å²) in [6.07, 6.45) is 2.08. The second kappa shape index (κ2) is 9.07. The van der Waals surface area contributed by atoms with Crippen LogP contribution in [-0.4, -0.2) is 47.1 Å². The fraction of sp³-hybridized carbons (Fsp3) is 0.571. The van der Waals surface area contributed by atoms with Crippen LogP contribution in [0.1, 0.15) is 12.5 Å². The number of nitrogens with one attached hydrogen (secondary N) is 1. The Bertz CT molecular complexity index is 398. The first-order chi connectivity index (χ1) is 9.11. The van der Waals surface area contributed by atoms with Crippen LogP contribution in [0.4, 0.5) is 0 Å². The van der Waals surface area contributed by atoms with E-state index < -0.39 is 16.9 Å². The number of aryl methyl sites for hydroxylation is 1. The van der Waals surface area contributed by atoms with Gasteiger partial charge in [0.2, 0.25) is 0 Å². The highest BCUT2D eigenvalue weighted by Crippen LogP contribution is 2.13. The summed E-state index contributed by atoms with van der Waals surface area (Å²) in [4.78, 5) is 0. The molecular weight excluding hydrogens is 262 g/mol. The van der Waals surface area contributed by atoms with Crippen LogP contribution < -0.4 is 10.1 Å². The van der Waals surface area contributed by atoms with Crippen molar-refractivity contribution in [2.45, 2.75) is 19.4 Å². The van der Waals surface area contributed by atoms with Gasteiger partial charge >= 0.3 is 0 Å². The summed E-state index contributed by atoms with van der Waals surface area (Å²) in [6, 6.07) is 7.88. The molecule has 2 atom stereocenters. The van der Waals surface area contributed by atoms with Crippen LogP contribution in [0, 0.1) is 0 Å². The summed E-state index contributed by atoms with van der Waals surface area (Å²) in [6.45, 7) is 3.45. The van der Waals surface area contributed by atoms with Gasteiger partial charge in [0, 0.05) is 35.9 Å². The van der Waals surface area contributed by atoms with Crippen LogP contribution in [0.15, 0.2) is 24.3 Å². The van der Waals surface area contributed by atoms with E-state index in [1.54, 1.807) is 6.26 Å². The lowest BCUT2D eigenvalue weighted by Gasteiger charge is -2.13. The van der Waals surface area contributed by atoms with Gasteiger partial charge in [-0.05, 0) is 24.1 Å². The van der Waals surface area contributed by atoms with Gasteiger partial charge in [-0.25, -0.2) is 0 Å². The minimum absolute atomic E-state index is 0.259. The Labute approximate surface area is 117 Å². The first-order valence-corrected chi connectivity index (χ1v) is 8.25. The number of rotatable bonds is 9. The van der Waals surface area contributed by atoms with Crippen LogP contribution in [0.5, 0.6) is 5.75 Å². The van der Waals surface area contributed by atoms with E-state index in [0.29, 0.717) is 18.8 Å². The lowest BCUT2D eigenvalue weighted by Crippen LogP contribution is -2.33. The molecule has 1 aromatic rings. The van der Waals surface area contributed by atoms with Gasteiger partial charge in [-0.1, -0.05) is 19.1 Å². The van der Waals surface area contributed by atoms with E-state index in [1.807, 2.05) is 18.2 Å². The Balaban J connectivity index is 2.21. The molecule has 19 heavy (non-hydrogen) atoms. The molecule has 2 unspecified atom stereocenters. The van der Waals surface area contributed by atoms with E-state index in [1.165, 1.54) is 5.56 Å². The molecule has 0 aromatic heterocycles. The van der Waals surface area contributed by atoms with Gasteiger partial charge in [-0.2, -0.15) is 0 Å². The molecule has 0 fully saturated rings. The largest absolute Gasteiger partial charge is 0.491 e. The second-order valence-corrected chi connectivity index (χ2v) is 6.00. The number of benzene rings is 1. The number of ether oxygens (including phenoxy) is 1. The lowest BCUT2D eigenvalue weighted by molar-refractivity contribution is 0.107. The van der Waals surface area contributed by atoms with Crippen molar-refractivity contribution < 1.29 is 14.1 Å². The molecule has 0 aliphatic heterocycles. The van der Waals surface area contributed by atoms with E-state index in [9.17, 15) is 9.32 Å². The third-order valence-corrected chi connectivity index (χ3v) is 3.47. The van der Waals surface area contributed by atoms with Gasteiger partial charge in [0.25, 0.3) is 0 Å². The van der Waals surface area contributed by atoms with Gasteiger partial charge < -0.3 is 15.2 Å². The van der Waals surface area contributed by atoms with E-state index in [2.05, 4.69) is 18.3 Å². The zero-order valence-electron chi connectivity index (χ0n) is 11.6. The maximum absolute atomic E-state index is 10.8. The average Bonchev–Trinajstić information content (AvgIpc) is 2.41. The summed E-state index contributed by atoms with van der Waals surface area (Å²) in [5.41, 5.74) is 1.22. The van der Waals surface area contributed by atoms with E-state index in [4.69, 9.17) is 4.74 Å². The van der Waals surface area contributed by atoms with Gasteiger partial charge in [0.1, 0.15) is 18.5 Å². The molecule has 108 valence electrons. The molecule has 0 heterocycles. The second-order valence-electron chi connectivity index (χ2n) is 4.45. The van der Waals surface area contributed by atoms with Crippen molar-refractivity contribution in [3.63, 3.8) is 0 Å². The first-order valence-electron chi connectivity index (χ1n) is 6.52. The predicted molar refractivity (Wildman–Crippen MR) is 79.1 cm³/mol. The Hall–Kier alpha value is -0.910.